The van der Waals surface area contributed by atoms with Crippen LogP contribution < -0.4 is 0 Å². The first kappa shape index (κ1) is 10.8. The molecule has 0 saturated heterocycles. The second-order valence-electron chi connectivity index (χ2n) is 11.7. The summed E-state index contributed by atoms with van der Waals surface area (Å²) >= 11 is 0. The molecular weight excluding hydrogens is 264 g/mol. The zero-order valence-corrected chi connectivity index (χ0v) is 13.8. The molecular formula is C22H28. The van der Waals surface area contributed by atoms with E-state index in [0.717, 1.165) is 11.8 Å². The fourth-order valence-electron chi connectivity index (χ4n) is 12.3. The average molecular weight is 292 g/mol. The second kappa shape index (κ2) is 2.68. The van der Waals surface area contributed by atoms with Crippen LogP contribution >= 0.6 is 0 Å². The third kappa shape index (κ3) is 0.655. The van der Waals surface area contributed by atoms with Crippen molar-refractivity contribution in [1.82, 2.24) is 0 Å². The first-order chi connectivity index (χ1) is 10.8. The SMILES string of the molecule is CC1C2C3C4C5C6C7C8C9CC[C@@H]9[C@@H]8[C@@H]7[C@@H]6[C@@H]5[C@@H]4[C@@H]3[C@@H]2[C@@H]1C. The Morgan fingerprint density at radius 2 is 0.636 bits per heavy atom. The molecule has 9 rings (SSSR count). The minimum Gasteiger partial charge on any atom is -0.0620 e. The van der Waals surface area contributed by atoms with Crippen LogP contribution in [0, 0.1) is 107 Å². The lowest BCUT2D eigenvalue weighted by Gasteiger charge is -2.96. The molecule has 0 radical (unpaired) electrons. The summed E-state index contributed by atoms with van der Waals surface area (Å²) in [7, 11) is 0. The van der Waals surface area contributed by atoms with Gasteiger partial charge in [0.2, 0.25) is 0 Å². The molecule has 0 aliphatic heterocycles. The number of hydrogen-bond acceptors (Lipinski definition) is 0. The van der Waals surface area contributed by atoms with E-state index in [1.54, 1.807) is 12.8 Å². The molecule has 0 amide bonds. The van der Waals surface area contributed by atoms with Crippen LogP contribution in [-0.2, 0) is 0 Å². The molecule has 0 aromatic heterocycles. The molecule has 9 aliphatic rings. The van der Waals surface area contributed by atoms with E-state index in [4.69, 9.17) is 0 Å². The summed E-state index contributed by atoms with van der Waals surface area (Å²) in [6.45, 7) is 5.16. The third-order valence-corrected chi connectivity index (χ3v) is 12.9. The lowest BCUT2D eigenvalue weighted by atomic mass is 9.09. The Bertz CT molecular complexity index is 550. The Morgan fingerprint density at radius 3 is 0.955 bits per heavy atom. The van der Waals surface area contributed by atoms with E-state index in [-0.39, 0.29) is 0 Å². The molecule has 9 fully saturated rings. The van der Waals surface area contributed by atoms with Gasteiger partial charge in [-0.25, -0.2) is 0 Å². The highest BCUT2D eigenvalue weighted by Crippen LogP contribution is 2.94. The summed E-state index contributed by atoms with van der Waals surface area (Å²) in [5.74, 6) is 22.6. The molecule has 9 aliphatic carbocycles. The van der Waals surface area contributed by atoms with Gasteiger partial charge < -0.3 is 0 Å². The van der Waals surface area contributed by atoms with E-state index >= 15 is 0 Å². The highest BCUT2D eigenvalue weighted by molar-refractivity contribution is 5.37. The van der Waals surface area contributed by atoms with Crippen molar-refractivity contribution in [3.05, 3.63) is 0 Å². The molecule has 0 aromatic carbocycles. The van der Waals surface area contributed by atoms with Crippen molar-refractivity contribution in [2.45, 2.75) is 26.7 Å². The molecule has 22 heavy (non-hydrogen) atoms. The zero-order valence-electron chi connectivity index (χ0n) is 13.8. The minimum atomic E-state index is 1.09. The lowest BCUT2D eigenvalue weighted by molar-refractivity contribution is -0.490. The molecule has 0 heteroatoms. The summed E-state index contributed by atoms with van der Waals surface area (Å²) in [5, 5.41) is 0. The molecule has 9 unspecified atom stereocenters. The van der Waals surface area contributed by atoms with Crippen LogP contribution in [0.3, 0.4) is 0 Å². The van der Waals surface area contributed by atoms with E-state index in [9.17, 15) is 0 Å². The quantitative estimate of drug-likeness (QED) is 0.592. The maximum Gasteiger partial charge on any atom is -0.0312 e. The first-order valence-electron chi connectivity index (χ1n) is 10.8. The van der Waals surface area contributed by atoms with Gasteiger partial charge in [0.05, 0.1) is 0 Å². The van der Waals surface area contributed by atoms with Gasteiger partial charge in [-0.3, -0.25) is 0 Å². The zero-order chi connectivity index (χ0) is 13.8. The molecule has 116 valence electrons. The van der Waals surface area contributed by atoms with Gasteiger partial charge >= 0.3 is 0 Å². The molecule has 0 aromatic rings. The van der Waals surface area contributed by atoms with E-state index in [1.807, 2.05) is 0 Å². The topological polar surface area (TPSA) is 0 Å². The van der Waals surface area contributed by atoms with Gasteiger partial charge in [-0.05, 0) is 119 Å². The van der Waals surface area contributed by atoms with Crippen LogP contribution in [0.15, 0.2) is 0 Å². The van der Waals surface area contributed by atoms with Crippen LogP contribution in [-0.4, -0.2) is 0 Å². The fraction of sp³-hybridized carbons (Fsp3) is 1.00. The van der Waals surface area contributed by atoms with Crippen LogP contribution in [0.1, 0.15) is 26.7 Å². The van der Waals surface area contributed by atoms with E-state index in [2.05, 4.69) is 13.8 Å². The van der Waals surface area contributed by atoms with E-state index in [1.165, 1.54) is 94.7 Å². The number of rotatable bonds is 0. The summed E-state index contributed by atoms with van der Waals surface area (Å²) < 4.78 is 0. The molecule has 18 atom stereocenters. The molecule has 9 saturated carbocycles. The van der Waals surface area contributed by atoms with Crippen molar-refractivity contribution in [1.29, 1.82) is 0 Å². The smallest absolute Gasteiger partial charge is 0.0312 e. The van der Waals surface area contributed by atoms with E-state index in [0.29, 0.717) is 0 Å². The van der Waals surface area contributed by atoms with Gasteiger partial charge in [0.25, 0.3) is 0 Å². The number of hydrogen-bond donors (Lipinski definition) is 0. The van der Waals surface area contributed by atoms with Gasteiger partial charge in [-0.1, -0.05) is 13.8 Å². The maximum absolute atomic E-state index is 2.58. The Balaban J connectivity index is 1.05. The standard InChI is InChI=1S/C22H28/c1-5-6(2)10-9(5)13-14(10)18-17(13)21-19-15-11-7-3-4-8(7)12(11)16(15)20(19)22(18)21/h5-22H,3-4H2,1-2H3/t5-,6?,7+,8?,9-,10?,11+,12?,13-,14?,15+,16?,17-,18?,19+,20?,21+,22?/m1/s1. The second-order valence-corrected chi connectivity index (χ2v) is 11.7. The van der Waals surface area contributed by atoms with Gasteiger partial charge in [-0.2, -0.15) is 0 Å². The summed E-state index contributed by atoms with van der Waals surface area (Å²) in [6, 6.07) is 0. The van der Waals surface area contributed by atoms with Crippen LogP contribution in [0.4, 0.5) is 0 Å². The summed E-state index contributed by atoms with van der Waals surface area (Å²) in [6.07, 6.45) is 3.27. The van der Waals surface area contributed by atoms with Gasteiger partial charge in [0.1, 0.15) is 0 Å². The van der Waals surface area contributed by atoms with Gasteiger partial charge in [0, 0.05) is 0 Å². The van der Waals surface area contributed by atoms with Crippen LogP contribution in [0.2, 0.25) is 0 Å². The molecule has 0 N–H and O–H groups in total. The van der Waals surface area contributed by atoms with Crippen LogP contribution in [0.5, 0.6) is 0 Å². The minimum absolute atomic E-state index is 1.09. The van der Waals surface area contributed by atoms with E-state index < -0.39 is 0 Å². The summed E-state index contributed by atoms with van der Waals surface area (Å²) in [4.78, 5) is 0. The predicted molar refractivity (Wildman–Crippen MR) is 83.4 cm³/mol. The van der Waals surface area contributed by atoms with Crippen LogP contribution in [0.25, 0.3) is 0 Å². The first-order valence-corrected chi connectivity index (χ1v) is 10.8. The van der Waals surface area contributed by atoms with Gasteiger partial charge in [0.15, 0.2) is 0 Å². The highest BCUT2D eigenvalue weighted by Gasteiger charge is 2.91. The third-order valence-electron chi connectivity index (χ3n) is 12.9. The molecule has 0 bridgehead atoms. The maximum atomic E-state index is 2.58. The highest BCUT2D eigenvalue weighted by atomic mass is 15.0. The fourth-order valence-corrected chi connectivity index (χ4v) is 12.3. The normalized spacial score (nSPS) is 90.8. The molecule has 0 heterocycles. The lowest BCUT2D eigenvalue weighted by Crippen LogP contribution is -2.92. The average Bonchev–Trinajstić information content (AvgIpc) is 2.45. The Kier molecular flexibility index (Phi) is 1.31. The van der Waals surface area contributed by atoms with Crippen molar-refractivity contribution in [2.24, 2.45) is 107 Å². The number of fused-ring (bicyclic) bond motifs is 22. The van der Waals surface area contributed by atoms with Gasteiger partial charge in [-0.15, -0.1) is 0 Å². The summed E-state index contributed by atoms with van der Waals surface area (Å²) in [5.41, 5.74) is 0. The van der Waals surface area contributed by atoms with Crippen molar-refractivity contribution >= 4 is 0 Å². The molecule has 0 nitrogen and oxygen atoms in total. The largest absolute Gasteiger partial charge is 0.0620 e. The Hall–Kier alpha value is 0. The molecule has 0 spiro atoms. The Labute approximate surface area is 133 Å². The van der Waals surface area contributed by atoms with Crippen molar-refractivity contribution in [2.75, 3.05) is 0 Å². The Morgan fingerprint density at radius 1 is 0.364 bits per heavy atom. The van der Waals surface area contributed by atoms with Crippen molar-refractivity contribution in [3.63, 3.8) is 0 Å². The monoisotopic (exact) mass is 292 g/mol. The van der Waals surface area contributed by atoms with Crippen molar-refractivity contribution in [3.8, 4) is 0 Å². The van der Waals surface area contributed by atoms with Crippen molar-refractivity contribution < 1.29 is 0 Å². The predicted octanol–water partition coefficient (Wildman–Crippen LogP) is 4.02.